The summed E-state index contributed by atoms with van der Waals surface area (Å²) in [5.41, 5.74) is -0.114. The number of likely N-dealkylation sites (tertiary alicyclic amines) is 1. The number of alkyl halides is 1. The minimum atomic E-state index is -1.95. The summed E-state index contributed by atoms with van der Waals surface area (Å²) in [5.74, 6) is -1.58. The third-order valence-corrected chi connectivity index (χ3v) is 8.50. The van der Waals surface area contributed by atoms with Gasteiger partial charge in [0, 0.05) is 45.7 Å². The SMILES string of the molecule is CC(F)(CC(=O)N1CCCC2C(C(=O)O)CCCC21)c1c[nH]c2cccc(-c3ccc(F)s3)c12. The second kappa shape index (κ2) is 8.80. The van der Waals surface area contributed by atoms with E-state index in [-0.39, 0.29) is 29.4 Å². The Morgan fingerprint density at radius 1 is 1.21 bits per heavy atom. The van der Waals surface area contributed by atoms with Crippen molar-refractivity contribution in [2.45, 2.75) is 57.2 Å². The molecule has 1 amide bonds. The molecule has 3 aromatic rings. The molecule has 2 N–H and O–H groups in total. The number of hydrogen-bond acceptors (Lipinski definition) is 3. The Hall–Kier alpha value is -2.74. The molecule has 0 bridgehead atoms. The summed E-state index contributed by atoms with van der Waals surface area (Å²) in [7, 11) is 0. The number of piperidine rings is 1. The Balaban J connectivity index is 1.44. The second-order valence-corrected chi connectivity index (χ2v) is 10.8. The minimum Gasteiger partial charge on any atom is -0.481 e. The number of benzene rings is 1. The molecular formula is C26H28F2N2O3S. The number of carboxylic acid groups (broad SMARTS) is 1. The summed E-state index contributed by atoms with van der Waals surface area (Å²) in [6.07, 6.45) is 4.98. The normalized spacial score (nSPS) is 24.6. The molecule has 2 aromatic heterocycles. The van der Waals surface area contributed by atoms with E-state index in [2.05, 4.69) is 4.98 Å². The highest BCUT2D eigenvalue weighted by molar-refractivity contribution is 7.14. The number of hydrogen-bond donors (Lipinski definition) is 2. The van der Waals surface area contributed by atoms with E-state index in [9.17, 15) is 19.1 Å². The van der Waals surface area contributed by atoms with Crippen molar-refractivity contribution in [2.75, 3.05) is 6.54 Å². The molecule has 0 spiro atoms. The topological polar surface area (TPSA) is 73.4 Å². The van der Waals surface area contributed by atoms with Gasteiger partial charge in [0.25, 0.3) is 0 Å². The lowest BCUT2D eigenvalue weighted by atomic mass is 9.71. The molecule has 5 nitrogen and oxygen atoms in total. The molecule has 1 aliphatic carbocycles. The first-order valence-corrected chi connectivity index (χ1v) is 12.7. The van der Waals surface area contributed by atoms with Crippen LogP contribution < -0.4 is 0 Å². The van der Waals surface area contributed by atoms with Crippen LogP contribution in [0.1, 0.15) is 51.0 Å². The zero-order chi connectivity index (χ0) is 24.0. The molecule has 1 saturated carbocycles. The van der Waals surface area contributed by atoms with Crippen LogP contribution in [0, 0.1) is 17.0 Å². The first-order valence-electron chi connectivity index (χ1n) is 11.8. The maximum atomic E-state index is 16.3. The Kier molecular flexibility index (Phi) is 5.96. The van der Waals surface area contributed by atoms with Crippen LogP contribution in [0.15, 0.2) is 36.5 Å². The molecule has 0 radical (unpaired) electrons. The van der Waals surface area contributed by atoms with Crippen molar-refractivity contribution >= 4 is 34.1 Å². The largest absolute Gasteiger partial charge is 0.481 e. The molecule has 180 valence electrons. The van der Waals surface area contributed by atoms with E-state index < -0.39 is 17.6 Å². The van der Waals surface area contributed by atoms with E-state index in [1.165, 1.54) is 13.0 Å². The summed E-state index contributed by atoms with van der Waals surface area (Å²) in [5, 5.41) is 9.99. The summed E-state index contributed by atoms with van der Waals surface area (Å²) in [6.45, 7) is 1.96. The van der Waals surface area contributed by atoms with Gasteiger partial charge >= 0.3 is 5.97 Å². The van der Waals surface area contributed by atoms with Gasteiger partial charge in [-0.05, 0) is 56.7 Å². The third-order valence-electron chi connectivity index (χ3n) is 7.59. The van der Waals surface area contributed by atoms with Crippen LogP contribution in [0.25, 0.3) is 21.3 Å². The number of carbonyl (C=O) groups is 2. The van der Waals surface area contributed by atoms with Gasteiger partial charge in [-0.25, -0.2) is 4.39 Å². The number of aromatic amines is 1. The van der Waals surface area contributed by atoms with E-state index in [1.54, 1.807) is 17.2 Å². The summed E-state index contributed by atoms with van der Waals surface area (Å²) < 4.78 is 30.0. The maximum absolute atomic E-state index is 16.3. The van der Waals surface area contributed by atoms with Crippen LogP contribution in [-0.2, 0) is 15.3 Å². The maximum Gasteiger partial charge on any atom is 0.306 e. The lowest BCUT2D eigenvalue weighted by Crippen LogP contribution is -2.53. The number of nitrogens with zero attached hydrogens (tertiary/aromatic N) is 1. The van der Waals surface area contributed by atoms with Gasteiger partial charge in [-0.15, -0.1) is 11.3 Å². The molecular weight excluding hydrogens is 458 g/mol. The van der Waals surface area contributed by atoms with Gasteiger partial charge in [0.1, 0.15) is 5.67 Å². The average Bonchev–Trinajstić information content (AvgIpc) is 3.44. The number of fused-ring (bicyclic) bond motifs is 2. The van der Waals surface area contributed by atoms with E-state index in [1.807, 2.05) is 18.2 Å². The number of rotatable bonds is 5. The van der Waals surface area contributed by atoms with Gasteiger partial charge in [0.15, 0.2) is 5.13 Å². The van der Waals surface area contributed by atoms with Crippen molar-refractivity contribution in [3.8, 4) is 10.4 Å². The predicted molar refractivity (Wildman–Crippen MR) is 128 cm³/mol. The minimum absolute atomic E-state index is 0.0665. The first kappa shape index (κ1) is 23.0. The van der Waals surface area contributed by atoms with Crippen molar-refractivity contribution < 1.29 is 23.5 Å². The van der Waals surface area contributed by atoms with Gasteiger partial charge in [-0.1, -0.05) is 18.6 Å². The molecule has 5 rings (SSSR count). The van der Waals surface area contributed by atoms with Gasteiger partial charge in [-0.2, -0.15) is 4.39 Å². The molecule has 8 heteroatoms. The van der Waals surface area contributed by atoms with Gasteiger partial charge in [0.2, 0.25) is 5.91 Å². The molecule has 2 aliphatic rings. The quantitative estimate of drug-likeness (QED) is 0.458. The molecule has 4 atom stereocenters. The van der Waals surface area contributed by atoms with Crippen molar-refractivity contribution in [3.05, 3.63) is 47.2 Å². The fraction of sp³-hybridized carbons (Fsp3) is 0.462. The fourth-order valence-corrected chi connectivity index (χ4v) is 6.81. The number of amides is 1. The van der Waals surface area contributed by atoms with Crippen molar-refractivity contribution in [2.24, 2.45) is 11.8 Å². The van der Waals surface area contributed by atoms with Crippen molar-refractivity contribution in [1.82, 2.24) is 9.88 Å². The van der Waals surface area contributed by atoms with Crippen molar-refractivity contribution in [1.29, 1.82) is 0 Å². The average molecular weight is 487 g/mol. The Morgan fingerprint density at radius 2 is 2.03 bits per heavy atom. The number of aromatic nitrogens is 1. The molecule has 34 heavy (non-hydrogen) atoms. The predicted octanol–water partition coefficient (Wildman–Crippen LogP) is 6.10. The number of halogens is 2. The number of carbonyl (C=O) groups excluding carboxylic acids is 1. The van der Waals surface area contributed by atoms with Gasteiger partial charge in [-0.3, -0.25) is 9.59 Å². The highest BCUT2D eigenvalue weighted by atomic mass is 32.1. The van der Waals surface area contributed by atoms with E-state index in [4.69, 9.17) is 0 Å². The summed E-state index contributed by atoms with van der Waals surface area (Å²) >= 11 is 1.00. The number of thiophene rings is 1. The van der Waals surface area contributed by atoms with Crippen LogP contribution >= 0.6 is 11.3 Å². The molecule has 1 aliphatic heterocycles. The van der Waals surface area contributed by atoms with Crippen LogP contribution in [0.2, 0.25) is 0 Å². The first-order chi connectivity index (χ1) is 16.3. The van der Waals surface area contributed by atoms with E-state index in [0.29, 0.717) is 28.8 Å². The lowest BCUT2D eigenvalue weighted by Gasteiger charge is -2.47. The van der Waals surface area contributed by atoms with Crippen molar-refractivity contribution in [3.63, 3.8) is 0 Å². The Bertz CT molecular complexity index is 1230. The van der Waals surface area contributed by atoms with E-state index in [0.717, 1.165) is 48.1 Å². The highest BCUT2D eigenvalue weighted by Crippen LogP contribution is 2.43. The third kappa shape index (κ3) is 4.02. The standard InChI is InChI=1S/C26H28F2N2O3S/c1-26(28,13-23(31)30-12-4-7-15-16(25(32)33)5-3-9-20(15)30)18-14-29-19-8-2-6-17(24(18)19)21-10-11-22(27)34-21/h2,6,8,10-11,14-16,20,29H,3-5,7,9,12-13H2,1H3,(H,32,33). The fourth-order valence-electron chi connectivity index (χ4n) is 6.04. The number of carboxylic acids is 1. The van der Waals surface area contributed by atoms with Crippen LogP contribution in [-0.4, -0.2) is 39.5 Å². The summed E-state index contributed by atoms with van der Waals surface area (Å²) in [6, 6.07) is 8.46. The molecule has 3 heterocycles. The van der Waals surface area contributed by atoms with Gasteiger partial charge in [0.05, 0.1) is 12.3 Å². The van der Waals surface area contributed by atoms with Crippen LogP contribution in [0.4, 0.5) is 8.78 Å². The van der Waals surface area contributed by atoms with E-state index >= 15 is 4.39 Å². The monoisotopic (exact) mass is 486 g/mol. The molecule has 2 fully saturated rings. The van der Waals surface area contributed by atoms with Crippen LogP contribution in [0.5, 0.6) is 0 Å². The lowest BCUT2D eigenvalue weighted by molar-refractivity contribution is -0.152. The molecule has 1 saturated heterocycles. The zero-order valence-electron chi connectivity index (χ0n) is 19.0. The zero-order valence-corrected chi connectivity index (χ0v) is 19.8. The second-order valence-electron chi connectivity index (χ2n) is 9.74. The smallest absolute Gasteiger partial charge is 0.306 e. The Labute approximate surface area is 200 Å². The Morgan fingerprint density at radius 3 is 2.76 bits per heavy atom. The van der Waals surface area contributed by atoms with Crippen LogP contribution in [0.3, 0.4) is 0 Å². The molecule has 4 unspecified atom stereocenters. The highest BCUT2D eigenvalue weighted by Gasteiger charge is 2.45. The number of aliphatic carboxylic acids is 1. The molecule has 1 aromatic carbocycles. The number of nitrogens with one attached hydrogen (secondary N) is 1. The number of H-pyrrole nitrogens is 1. The van der Waals surface area contributed by atoms with Gasteiger partial charge < -0.3 is 15.0 Å². The summed E-state index contributed by atoms with van der Waals surface area (Å²) in [4.78, 5) is 30.7.